The van der Waals surface area contributed by atoms with E-state index in [1.54, 1.807) is 0 Å². The van der Waals surface area contributed by atoms with E-state index >= 15 is 0 Å². The summed E-state index contributed by atoms with van der Waals surface area (Å²) in [5.74, 6) is 0.243. The Balaban J connectivity index is 1.51. The molecule has 0 bridgehead atoms. The Hall–Kier alpha value is -0.170. The lowest BCUT2D eigenvalue weighted by Crippen LogP contribution is -2.35. The minimum absolute atomic E-state index is 0.243. The van der Waals surface area contributed by atoms with Crippen molar-refractivity contribution in [1.29, 1.82) is 0 Å². The summed E-state index contributed by atoms with van der Waals surface area (Å²) in [7, 11) is -3.07. The molecule has 1 saturated heterocycles. The molecule has 1 aliphatic heterocycles. The highest BCUT2D eigenvalue weighted by atomic mass is 32.2. The van der Waals surface area contributed by atoms with Crippen molar-refractivity contribution in [2.45, 2.75) is 38.1 Å². The smallest absolute Gasteiger partial charge is 0.211 e. The zero-order valence-electron chi connectivity index (χ0n) is 11.0. The molecule has 1 heterocycles. The van der Waals surface area contributed by atoms with Gasteiger partial charge in [-0.05, 0) is 51.7 Å². The van der Waals surface area contributed by atoms with Crippen LogP contribution in [0.3, 0.4) is 0 Å². The standard InChI is InChI=1S/C12H25N3O2S/c16-18(17,11-3-6-13-12-4-5-12)14-7-10-15-8-1-2-9-15/h12-14H,1-11H2. The molecular formula is C12H25N3O2S. The summed E-state index contributed by atoms with van der Waals surface area (Å²) in [6.07, 6.45) is 5.70. The van der Waals surface area contributed by atoms with Gasteiger partial charge in [-0.1, -0.05) is 0 Å². The molecule has 2 rings (SSSR count). The fourth-order valence-electron chi connectivity index (χ4n) is 2.29. The van der Waals surface area contributed by atoms with Crippen molar-refractivity contribution in [1.82, 2.24) is 14.9 Å². The van der Waals surface area contributed by atoms with Crippen LogP contribution in [-0.4, -0.2) is 57.8 Å². The Kier molecular flexibility index (Phi) is 5.41. The number of likely N-dealkylation sites (tertiary alicyclic amines) is 1. The van der Waals surface area contributed by atoms with E-state index in [2.05, 4.69) is 14.9 Å². The van der Waals surface area contributed by atoms with Gasteiger partial charge in [-0.15, -0.1) is 0 Å². The molecule has 106 valence electrons. The summed E-state index contributed by atoms with van der Waals surface area (Å²) in [6.45, 7) is 4.45. The van der Waals surface area contributed by atoms with Crippen molar-refractivity contribution < 1.29 is 8.42 Å². The van der Waals surface area contributed by atoms with Gasteiger partial charge < -0.3 is 10.2 Å². The minimum Gasteiger partial charge on any atom is -0.314 e. The molecule has 0 spiro atoms. The van der Waals surface area contributed by atoms with Crippen molar-refractivity contribution in [3.05, 3.63) is 0 Å². The van der Waals surface area contributed by atoms with Gasteiger partial charge in [0.2, 0.25) is 10.0 Å². The van der Waals surface area contributed by atoms with Gasteiger partial charge in [-0.3, -0.25) is 0 Å². The Labute approximate surface area is 110 Å². The van der Waals surface area contributed by atoms with Crippen LogP contribution in [0.4, 0.5) is 0 Å². The van der Waals surface area contributed by atoms with Crippen molar-refractivity contribution in [3.8, 4) is 0 Å². The average Bonchev–Trinajstić information content (AvgIpc) is 3.01. The normalized spacial score (nSPS) is 21.6. The number of sulfonamides is 1. The topological polar surface area (TPSA) is 61.4 Å². The fourth-order valence-corrected chi connectivity index (χ4v) is 3.36. The molecular weight excluding hydrogens is 250 g/mol. The minimum atomic E-state index is -3.07. The summed E-state index contributed by atoms with van der Waals surface area (Å²) >= 11 is 0. The number of hydrogen-bond donors (Lipinski definition) is 2. The Morgan fingerprint density at radius 2 is 1.83 bits per heavy atom. The lowest BCUT2D eigenvalue weighted by atomic mass is 10.4. The van der Waals surface area contributed by atoms with Crippen molar-refractivity contribution in [2.75, 3.05) is 38.5 Å². The molecule has 2 aliphatic rings. The second-order valence-corrected chi connectivity index (χ2v) is 7.27. The first-order valence-corrected chi connectivity index (χ1v) is 8.74. The molecule has 0 aromatic rings. The first-order valence-electron chi connectivity index (χ1n) is 7.09. The molecule has 0 atom stereocenters. The first kappa shape index (κ1) is 14.2. The van der Waals surface area contributed by atoms with Crippen molar-refractivity contribution in [2.24, 2.45) is 0 Å². The second-order valence-electron chi connectivity index (χ2n) is 5.34. The van der Waals surface area contributed by atoms with E-state index in [-0.39, 0.29) is 5.75 Å². The van der Waals surface area contributed by atoms with E-state index in [9.17, 15) is 8.42 Å². The van der Waals surface area contributed by atoms with Gasteiger partial charge in [-0.25, -0.2) is 13.1 Å². The maximum atomic E-state index is 11.7. The average molecular weight is 275 g/mol. The van der Waals surface area contributed by atoms with Crippen LogP contribution in [0.15, 0.2) is 0 Å². The van der Waals surface area contributed by atoms with E-state index in [1.165, 1.54) is 25.7 Å². The Morgan fingerprint density at radius 1 is 1.11 bits per heavy atom. The van der Waals surface area contributed by atoms with E-state index in [1.807, 2.05) is 0 Å². The molecule has 2 fully saturated rings. The second kappa shape index (κ2) is 6.84. The van der Waals surface area contributed by atoms with Crippen LogP contribution in [0.2, 0.25) is 0 Å². The fraction of sp³-hybridized carbons (Fsp3) is 1.00. The highest BCUT2D eigenvalue weighted by Crippen LogP contribution is 2.18. The Morgan fingerprint density at radius 3 is 2.50 bits per heavy atom. The van der Waals surface area contributed by atoms with Gasteiger partial charge in [0.1, 0.15) is 0 Å². The third-order valence-corrected chi connectivity index (χ3v) is 5.02. The van der Waals surface area contributed by atoms with Crippen LogP contribution in [0.25, 0.3) is 0 Å². The molecule has 6 heteroatoms. The van der Waals surface area contributed by atoms with E-state index in [0.717, 1.165) is 26.2 Å². The van der Waals surface area contributed by atoms with Gasteiger partial charge in [0, 0.05) is 19.1 Å². The molecule has 18 heavy (non-hydrogen) atoms. The molecule has 0 aromatic heterocycles. The molecule has 0 aromatic carbocycles. The summed E-state index contributed by atoms with van der Waals surface area (Å²) in [4.78, 5) is 2.32. The monoisotopic (exact) mass is 275 g/mol. The Bertz CT molecular complexity index is 335. The van der Waals surface area contributed by atoms with Crippen LogP contribution in [0.5, 0.6) is 0 Å². The lowest BCUT2D eigenvalue weighted by Gasteiger charge is -2.14. The molecule has 0 radical (unpaired) electrons. The van der Waals surface area contributed by atoms with Crippen LogP contribution in [-0.2, 0) is 10.0 Å². The summed E-state index contributed by atoms with van der Waals surface area (Å²) in [5, 5.41) is 3.33. The number of hydrogen-bond acceptors (Lipinski definition) is 4. The van der Waals surface area contributed by atoms with Gasteiger partial charge >= 0.3 is 0 Å². The predicted molar refractivity (Wildman–Crippen MR) is 73.1 cm³/mol. The molecule has 0 unspecified atom stereocenters. The predicted octanol–water partition coefficient (Wildman–Crippen LogP) is 0.144. The third-order valence-electron chi connectivity index (χ3n) is 3.55. The van der Waals surface area contributed by atoms with Crippen molar-refractivity contribution in [3.63, 3.8) is 0 Å². The highest BCUT2D eigenvalue weighted by Gasteiger charge is 2.20. The first-order chi connectivity index (χ1) is 8.66. The zero-order valence-corrected chi connectivity index (χ0v) is 11.8. The quantitative estimate of drug-likeness (QED) is 0.588. The van der Waals surface area contributed by atoms with Crippen molar-refractivity contribution >= 4 is 10.0 Å². The molecule has 2 N–H and O–H groups in total. The maximum absolute atomic E-state index is 11.7. The molecule has 1 saturated carbocycles. The largest absolute Gasteiger partial charge is 0.314 e. The van der Waals surface area contributed by atoms with Gasteiger partial charge in [0.25, 0.3) is 0 Å². The lowest BCUT2D eigenvalue weighted by molar-refractivity contribution is 0.344. The van der Waals surface area contributed by atoms with Crippen LogP contribution in [0.1, 0.15) is 32.1 Å². The summed E-state index contributed by atoms with van der Waals surface area (Å²) < 4.78 is 26.1. The molecule has 5 nitrogen and oxygen atoms in total. The summed E-state index contributed by atoms with van der Waals surface area (Å²) in [5.41, 5.74) is 0. The van der Waals surface area contributed by atoms with E-state index in [0.29, 0.717) is 19.0 Å². The van der Waals surface area contributed by atoms with Gasteiger partial charge in [-0.2, -0.15) is 0 Å². The van der Waals surface area contributed by atoms with Crippen LogP contribution < -0.4 is 10.0 Å². The summed E-state index contributed by atoms with van der Waals surface area (Å²) in [6, 6.07) is 0.663. The zero-order chi connectivity index (χ0) is 12.8. The van der Waals surface area contributed by atoms with E-state index in [4.69, 9.17) is 0 Å². The number of rotatable bonds is 9. The highest BCUT2D eigenvalue weighted by molar-refractivity contribution is 7.89. The SMILES string of the molecule is O=S(=O)(CCCNC1CC1)NCCN1CCCC1. The van der Waals surface area contributed by atoms with Gasteiger partial charge in [0.05, 0.1) is 5.75 Å². The molecule has 0 amide bonds. The third kappa shape index (κ3) is 5.65. The maximum Gasteiger partial charge on any atom is 0.211 e. The van der Waals surface area contributed by atoms with Crippen LogP contribution >= 0.6 is 0 Å². The van der Waals surface area contributed by atoms with Gasteiger partial charge in [0.15, 0.2) is 0 Å². The van der Waals surface area contributed by atoms with E-state index < -0.39 is 10.0 Å². The number of nitrogens with zero attached hydrogens (tertiary/aromatic N) is 1. The van der Waals surface area contributed by atoms with Crippen LogP contribution in [0, 0.1) is 0 Å². The molecule has 1 aliphatic carbocycles. The number of nitrogens with one attached hydrogen (secondary N) is 2.